The molecule has 4 aromatic rings. The molecule has 0 saturated carbocycles. The first-order chi connectivity index (χ1) is 14.7. The molecular weight excluding hydrogens is 400 g/mol. The number of benzene rings is 1. The van der Waals surface area contributed by atoms with Crippen molar-refractivity contribution in [3.8, 4) is 5.95 Å². The van der Waals surface area contributed by atoms with E-state index in [1.165, 1.54) is 0 Å². The SMILES string of the molecule is O=C(c1cn(-c2ncccn2)c2ncccc12)N1CCN(c2ccc(Cl)cc2)CC1. The lowest BCUT2D eigenvalue weighted by Gasteiger charge is -2.36. The van der Waals surface area contributed by atoms with Gasteiger partial charge in [-0.3, -0.25) is 9.36 Å². The Hall–Kier alpha value is -3.45. The molecule has 8 heteroatoms. The summed E-state index contributed by atoms with van der Waals surface area (Å²) in [6.45, 7) is 2.84. The number of fused-ring (bicyclic) bond motifs is 1. The maximum Gasteiger partial charge on any atom is 0.256 e. The molecule has 30 heavy (non-hydrogen) atoms. The third-order valence-electron chi connectivity index (χ3n) is 5.32. The molecule has 3 aromatic heterocycles. The molecule has 7 nitrogen and oxygen atoms in total. The van der Waals surface area contributed by atoms with E-state index in [1.54, 1.807) is 35.4 Å². The van der Waals surface area contributed by atoms with Crippen LogP contribution in [0.2, 0.25) is 5.02 Å². The maximum absolute atomic E-state index is 13.4. The summed E-state index contributed by atoms with van der Waals surface area (Å²) in [5.74, 6) is 0.492. The highest BCUT2D eigenvalue weighted by Gasteiger charge is 2.26. The van der Waals surface area contributed by atoms with Crippen molar-refractivity contribution in [1.82, 2.24) is 24.4 Å². The zero-order valence-electron chi connectivity index (χ0n) is 16.1. The van der Waals surface area contributed by atoms with Crippen molar-refractivity contribution >= 4 is 34.2 Å². The van der Waals surface area contributed by atoms with Gasteiger partial charge in [0.15, 0.2) is 0 Å². The molecule has 0 atom stereocenters. The summed E-state index contributed by atoms with van der Waals surface area (Å²) in [6, 6.07) is 13.3. The second-order valence-electron chi connectivity index (χ2n) is 7.09. The Morgan fingerprint density at radius 1 is 0.867 bits per heavy atom. The molecule has 0 bridgehead atoms. The molecule has 1 amide bonds. The fourth-order valence-electron chi connectivity index (χ4n) is 3.79. The number of amides is 1. The highest BCUT2D eigenvalue weighted by atomic mass is 35.5. The van der Waals surface area contributed by atoms with Crippen LogP contribution in [0.4, 0.5) is 5.69 Å². The van der Waals surface area contributed by atoms with Crippen LogP contribution in [-0.2, 0) is 0 Å². The monoisotopic (exact) mass is 418 g/mol. The number of hydrogen-bond acceptors (Lipinski definition) is 5. The molecule has 1 aromatic carbocycles. The Kier molecular flexibility index (Phi) is 4.80. The van der Waals surface area contributed by atoms with Crippen LogP contribution in [0.15, 0.2) is 67.3 Å². The number of nitrogens with zero attached hydrogens (tertiary/aromatic N) is 6. The van der Waals surface area contributed by atoms with Gasteiger partial charge in [0.05, 0.1) is 5.56 Å². The van der Waals surface area contributed by atoms with Gasteiger partial charge in [0.25, 0.3) is 5.91 Å². The zero-order valence-corrected chi connectivity index (χ0v) is 16.9. The lowest BCUT2D eigenvalue weighted by molar-refractivity contribution is 0.0748. The highest BCUT2D eigenvalue weighted by Crippen LogP contribution is 2.25. The van der Waals surface area contributed by atoms with E-state index in [-0.39, 0.29) is 5.91 Å². The average molecular weight is 419 g/mol. The summed E-state index contributed by atoms with van der Waals surface area (Å²) in [4.78, 5) is 30.6. The van der Waals surface area contributed by atoms with Gasteiger partial charge in [0.1, 0.15) is 5.65 Å². The number of hydrogen-bond donors (Lipinski definition) is 0. The molecule has 5 rings (SSSR count). The standard InChI is InChI=1S/C22H19ClN6O/c23-16-4-6-17(7-5-16)27-11-13-28(14-12-27)21(30)19-15-29(22-25-9-2-10-26-22)20-18(19)3-1-8-24-20/h1-10,15H,11-14H2. The summed E-state index contributed by atoms with van der Waals surface area (Å²) in [5.41, 5.74) is 2.41. The Bertz CT molecular complexity index is 1180. The number of piperazine rings is 1. The first kappa shape index (κ1) is 18.6. The molecule has 1 fully saturated rings. The molecule has 1 saturated heterocycles. The van der Waals surface area contributed by atoms with E-state index in [2.05, 4.69) is 19.9 Å². The van der Waals surface area contributed by atoms with Gasteiger partial charge in [-0.2, -0.15) is 0 Å². The van der Waals surface area contributed by atoms with Crippen molar-refractivity contribution in [2.45, 2.75) is 0 Å². The van der Waals surface area contributed by atoms with E-state index < -0.39 is 0 Å². The number of aromatic nitrogens is 4. The minimum absolute atomic E-state index is 0.00145. The van der Waals surface area contributed by atoms with Gasteiger partial charge in [-0.25, -0.2) is 15.0 Å². The normalized spacial score (nSPS) is 14.3. The highest BCUT2D eigenvalue weighted by molar-refractivity contribution is 6.30. The van der Waals surface area contributed by atoms with Crippen LogP contribution >= 0.6 is 11.6 Å². The van der Waals surface area contributed by atoms with Crippen LogP contribution in [0.5, 0.6) is 0 Å². The summed E-state index contributed by atoms with van der Waals surface area (Å²) in [5, 5.41) is 1.52. The van der Waals surface area contributed by atoms with Gasteiger partial charge < -0.3 is 9.80 Å². The van der Waals surface area contributed by atoms with E-state index >= 15 is 0 Å². The van der Waals surface area contributed by atoms with Crippen molar-refractivity contribution in [2.75, 3.05) is 31.1 Å². The van der Waals surface area contributed by atoms with Gasteiger partial charge >= 0.3 is 0 Å². The second-order valence-corrected chi connectivity index (χ2v) is 7.53. The number of anilines is 1. The van der Waals surface area contributed by atoms with E-state index in [4.69, 9.17) is 11.6 Å². The van der Waals surface area contributed by atoms with E-state index in [0.29, 0.717) is 30.2 Å². The van der Waals surface area contributed by atoms with E-state index in [1.807, 2.05) is 41.3 Å². The van der Waals surface area contributed by atoms with Crippen molar-refractivity contribution < 1.29 is 4.79 Å². The minimum atomic E-state index is -0.00145. The fraction of sp³-hybridized carbons (Fsp3) is 0.182. The summed E-state index contributed by atoms with van der Waals surface area (Å²) in [6.07, 6.45) is 6.85. The molecule has 0 N–H and O–H groups in total. The Balaban J connectivity index is 1.40. The van der Waals surface area contributed by atoms with Gasteiger partial charge in [0.2, 0.25) is 5.95 Å². The van der Waals surface area contributed by atoms with Crippen molar-refractivity contribution in [3.63, 3.8) is 0 Å². The van der Waals surface area contributed by atoms with Crippen LogP contribution in [0, 0.1) is 0 Å². The molecule has 0 spiro atoms. The number of halogens is 1. The topological polar surface area (TPSA) is 67.2 Å². The number of pyridine rings is 1. The number of rotatable bonds is 3. The molecule has 0 unspecified atom stereocenters. The zero-order chi connectivity index (χ0) is 20.5. The van der Waals surface area contributed by atoms with Gasteiger partial charge in [-0.1, -0.05) is 11.6 Å². The van der Waals surface area contributed by atoms with Crippen molar-refractivity contribution in [3.05, 3.63) is 77.8 Å². The lowest BCUT2D eigenvalue weighted by atomic mass is 10.1. The van der Waals surface area contributed by atoms with Crippen LogP contribution < -0.4 is 4.90 Å². The molecular formula is C22H19ClN6O. The van der Waals surface area contributed by atoms with Crippen LogP contribution in [0.25, 0.3) is 17.0 Å². The van der Waals surface area contributed by atoms with Gasteiger partial charge in [-0.05, 0) is 42.5 Å². The minimum Gasteiger partial charge on any atom is -0.368 e. The van der Waals surface area contributed by atoms with Crippen molar-refractivity contribution in [2.24, 2.45) is 0 Å². The summed E-state index contributed by atoms with van der Waals surface area (Å²) < 4.78 is 1.77. The van der Waals surface area contributed by atoms with Crippen LogP contribution in [0.3, 0.4) is 0 Å². The lowest BCUT2D eigenvalue weighted by Crippen LogP contribution is -2.48. The third kappa shape index (κ3) is 3.37. The van der Waals surface area contributed by atoms with Gasteiger partial charge in [0, 0.05) is 67.1 Å². The second kappa shape index (κ2) is 7.76. The quantitative estimate of drug-likeness (QED) is 0.510. The molecule has 1 aliphatic heterocycles. The van der Waals surface area contributed by atoms with E-state index in [0.717, 1.165) is 29.2 Å². The first-order valence-electron chi connectivity index (χ1n) is 9.74. The Labute approximate surface area is 178 Å². The molecule has 150 valence electrons. The smallest absolute Gasteiger partial charge is 0.256 e. The van der Waals surface area contributed by atoms with Crippen LogP contribution in [0.1, 0.15) is 10.4 Å². The van der Waals surface area contributed by atoms with Crippen molar-refractivity contribution in [1.29, 1.82) is 0 Å². The predicted molar refractivity (Wildman–Crippen MR) is 116 cm³/mol. The molecule has 0 aliphatic carbocycles. The third-order valence-corrected chi connectivity index (χ3v) is 5.57. The largest absolute Gasteiger partial charge is 0.368 e. The maximum atomic E-state index is 13.4. The first-order valence-corrected chi connectivity index (χ1v) is 10.1. The predicted octanol–water partition coefficient (Wildman–Crippen LogP) is 3.43. The van der Waals surface area contributed by atoms with E-state index in [9.17, 15) is 4.79 Å². The average Bonchev–Trinajstić information content (AvgIpc) is 3.20. The van der Waals surface area contributed by atoms with Gasteiger partial charge in [-0.15, -0.1) is 0 Å². The molecule has 0 radical (unpaired) electrons. The Morgan fingerprint density at radius 2 is 1.57 bits per heavy atom. The Morgan fingerprint density at radius 3 is 2.30 bits per heavy atom. The number of carbonyl (C=O) groups excluding carboxylic acids is 1. The summed E-state index contributed by atoms with van der Waals surface area (Å²) in [7, 11) is 0. The number of carbonyl (C=O) groups is 1. The summed E-state index contributed by atoms with van der Waals surface area (Å²) >= 11 is 5.99. The van der Waals surface area contributed by atoms with Crippen LogP contribution in [-0.4, -0.2) is 56.5 Å². The molecule has 1 aliphatic rings. The molecule has 4 heterocycles. The fourth-order valence-corrected chi connectivity index (χ4v) is 3.91.